The van der Waals surface area contributed by atoms with Gasteiger partial charge in [-0.1, -0.05) is 6.92 Å². The maximum absolute atomic E-state index is 12.2. The number of aryl methyl sites for hydroxylation is 2. The second-order valence-corrected chi connectivity index (χ2v) is 5.68. The van der Waals surface area contributed by atoms with E-state index in [4.69, 9.17) is 0 Å². The maximum atomic E-state index is 12.2. The predicted octanol–water partition coefficient (Wildman–Crippen LogP) is 1.83. The number of nitrogens with one attached hydrogen (secondary N) is 1. The van der Waals surface area contributed by atoms with Crippen molar-refractivity contribution in [2.24, 2.45) is 7.05 Å². The summed E-state index contributed by atoms with van der Waals surface area (Å²) < 4.78 is 1.43. The molecule has 2 aromatic heterocycles. The summed E-state index contributed by atoms with van der Waals surface area (Å²) in [6, 6.07) is 0.118. The SMILES string of the molecule is CCC(C)NC(=O)c1sc2ncn(C)c(=O)c2c1C. The van der Waals surface area contributed by atoms with Crippen LogP contribution in [0.3, 0.4) is 0 Å². The number of amides is 1. The van der Waals surface area contributed by atoms with Crippen LogP contribution in [-0.4, -0.2) is 21.5 Å². The van der Waals surface area contributed by atoms with Crippen LogP contribution in [0, 0.1) is 6.92 Å². The Morgan fingerprint density at radius 2 is 2.26 bits per heavy atom. The first-order valence-corrected chi connectivity index (χ1v) is 7.03. The average molecular weight is 279 g/mol. The Balaban J connectivity index is 2.52. The standard InChI is InChI=1S/C13H17N3O2S/c1-5-7(2)15-11(17)10-8(3)9-12(19-10)14-6-16(4)13(9)18/h6-7H,5H2,1-4H3,(H,15,17). The Morgan fingerprint density at radius 3 is 2.89 bits per heavy atom. The summed E-state index contributed by atoms with van der Waals surface area (Å²) in [5, 5.41) is 3.46. The van der Waals surface area contributed by atoms with Gasteiger partial charge in [0.25, 0.3) is 11.5 Å². The lowest BCUT2D eigenvalue weighted by molar-refractivity contribution is 0.0943. The molecule has 2 aromatic rings. The molecule has 0 bridgehead atoms. The summed E-state index contributed by atoms with van der Waals surface area (Å²) in [7, 11) is 1.66. The molecule has 1 amide bonds. The van der Waals surface area contributed by atoms with Crippen LogP contribution in [0.25, 0.3) is 10.2 Å². The maximum Gasteiger partial charge on any atom is 0.262 e. The van der Waals surface area contributed by atoms with Gasteiger partial charge in [-0.2, -0.15) is 0 Å². The van der Waals surface area contributed by atoms with Crippen LogP contribution >= 0.6 is 11.3 Å². The highest BCUT2D eigenvalue weighted by atomic mass is 32.1. The Morgan fingerprint density at radius 1 is 1.58 bits per heavy atom. The molecule has 0 aliphatic heterocycles. The molecule has 0 saturated carbocycles. The van der Waals surface area contributed by atoms with Crippen LogP contribution in [0.2, 0.25) is 0 Å². The number of hydrogen-bond acceptors (Lipinski definition) is 4. The van der Waals surface area contributed by atoms with Crippen molar-refractivity contribution in [3.05, 3.63) is 27.1 Å². The van der Waals surface area contributed by atoms with Crippen molar-refractivity contribution in [3.8, 4) is 0 Å². The number of thiophene rings is 1. The monoisotopic (exact) mass is 279 g/mol. The first kappa shape index (κ1) is 13.7. The third-order valence-electron chi connectivity index (χ3n) is 3.21. The molecule has 0 radical (unpaired) electrons. The van der Waals surface area contributed by atoms with E-state index in [-0.39, 0.29) is 17.5 Å². The Hall–Kier alpha value is -1.69. The van der Waals surface area contributed by atoms with Gasteiger partial charge in [-0.25, -0.2) is 4.98 Å². The average Bonchev–Trinajstić information content (AvgIpc) is 2.72. The Labute approximate surface area is 115 Å². The van der Waals surface area contributed by atoms with Crippen molar-refractivity contribution in [3.63, 3.8) is 0 Å². The van der Waals surface area contributed by atoms with Crippen molar-refractivity contribution >= 4 is 27.5 Å². The molecule has 2 rings (SSSR count). The number of rotatable bonds is 3. The summed E-state index contributed by atoms with van der Waals surface area (Å²) in [5.74, 6) is -0.128. The van der Waals surface area contributed by atoms with Gasteiger partial charge in [0.05, 0.1) is 16.6 Å². The topological polar surface area (TPSA) is 64.0 Å². The molecule has 0 aliphatic carbocycles. The molecule has 0 aliphatic rings. The second-order valence-electron chi connectivity index (χ2n) is 4.68. The van der Waals surface area contributed by atoms with E-state index >= 15 is 0 Å². The lowest BCUT2D eigenvalue weighted by Gasteiger charge is -2.10. The van der Waals surface area contributed by atoms with E-state index in [0.29, 0.717) is 15.1 Å². The van der Waals surface area contributed by atoms with Gasteiger partial charge in [0.15, 0.2) is 0 Å². The van der Waals surface area contributed by atoms with Crippen molar-refractivity contribution in [2.45, 2.75) is 33.2 Å². The summed E-state index contributed by atoms with van der Waals surface area (Å²) >= 11 is 1.27. The zero-order chi connectivity index (χ0) is 14.2. The molecule has 6 heteroatoms. The molecule has 0 saturated heterocycles. The van der Waals surface area contributed by atoms with Gasteiger partial charge in [-0.15, -0.1) is 11.3 Å². The first-order valence-electron chi connectivity index (χ1n) is 6.21. The van der Waals surface area contributed by atoms with Crippen LogP contribution in [0.1, 0.15) is 35.5 Å². The molecule has 1 atom stereocenters. The van der Waals surface area contributed by atoms with Gasteiger partial charge >= 0.3 is 0 Å². The van der Waals surface area contributed by atoms with Gasteiger partial charge < -0.3 is 9.88 Å². The Bertz CT molecular complexity index is 687. The lowest BCUT2D eigenvalue weighted by atomic mass is 10.2. The van der Waals surface area contributed by atoms with Crippen LogP contribution in [0.4, 0.5) is 0 Å². The van der Waals surface area contributed by atoms with Gasteiger partial charge in [0.2, 0.25) is 0 Å². The van der Waals surface area contributed by atoms with Crippen molar-refractivity contribution in [1.82, 2.24) is 14.9 Å². The van der Waals surface area contributed by atoms with E-state index in [2.05, 4.69) is 10.3 Å². The zero-order valence-electron chi connectivity index (χ0n) is 11.5. The summed E-state index contributed by atoms with van der Waals surface area (Å²) in [6.45, 7) is 5.77. The first-order chi connectivity index (χ1) is 8.95. The molecule has 0 spiro atoms. The Kier molecular flexibility index (Phi) is 3.71. The lowest BCUT2D eigenvalue weighted by Crippen LogP contribution is -2.31. The van der Waals surface area contributed by atoms with E-state index in [1.54, 1.807) is 14.0 Å². The minimum absolute atomic E-state index is 0.110. The second kappa shape index (κ2) is 5.13. The van der Waals surface area contributed by atoms with E-state index in [9.17, 15) is 9.59 Å². The quantitative estimate of drug-likeness (QED) is 0.932. The van der Waals surface area contributed by atoms with Crippen molar-refractivity contribution < 1.29 is 4.79 Å². The van der Waals surface area contributed by atoms with Crippen LogP contribution in [-0.2, 0) is 7.05 Å². The van der Waals surface area contributed by atoms with Gasteiger partial charge in [0.1, 0.15) is 4.83 Å². The molecule has 5 nitrogen and oxygen atoms in total. The summed E-state index contributed by atoms with van der Waals surface area (Å²) in [5.41, 5.74) is 0.607. The highest BCUT2D eigenvalue weighted by Crippen LogP contribution is 2.26. The van der Waals surface area contributed by atoms with Gasteiger partial charge in [0, 0.05) is 13.1 Å². The minimum atomic E-state index is -0.128. The molecular formula is C13H17N3O2S. The normalized spacial score (nSPS) is 12.6. The fourth-order valence-corrected chi connectivity index (χ4v) is 2.86. The largest absolute Gasteiger partial charge is 0.349 e. The predicted molar refractivity (Wildman–Crippen MR) is 76.8 cm³/mol. The molecule has 2 heterocycles. The van der Waals surface area contributed by atoms with Crippen molar-refractivity contribution in [2.75, 3.05) is 0 Å². The third-order valence-corrected chi connectivity index (χ3v) is 4.41. The van der Waals surface area contributed by atoms with E-state index < -0.39 is 0 Å². The number of carbonyl (C=O) groups is 1. The number of carbonyl (C=O) groups excluding carboxylic acids is 1. The molecule has 1 unspecified atom stereocenters. The van der Waals surface area contributed by atoms with E-state index in [1.807, 2.05) is 13.8 Å². The highest BCUT2D eigenvalue weighted by molar-refractivity contribution is 7.20. The number of hydrogen-bond donors (Lipinski definition) is 1. The van der Waals surface area contributed by atoms with E-state index in [1.165, 1.54) is 22.2 Å². The van der Waals surface area contributed by atoms with Gasteiger partial charge in [-0.05, 0) is 25.8 Å². The molecule has 102 valence electrons. The number of nitrogens with zero attached hydrogens (tertiary/aromatic N) is 2. The molecule has 0 fully saturated rings. The van der Waals surface area contributed by atoms with Crippen molar-refractivity contribution in [1.29, 1.82) is 0 Å². The number of fused-ring (bicyclic) bond motifs is 1. The third kappa shape index (κ3) is 2.40. The molecule has 0 aromatic carbocycles. The molecular weight excluding hydrogens is 262 g/mol. The number of aromatic nitrogens is 2. The fourth-order valence-electron chi connectivity index (χ4n) is 1.82. The summed E-state index contributed by atoms with van der Waals surface area (Å²) in [6.07, 6.45) is 2.35. The van der Waals surface area contributed by atoms with Crippen LogP contribution < -0.4 is 10.9 Å². The highest BCUT2D eigenvalue weighted by Gasteiger charge is 2.19. The molecule has 1 N–H and O–H groups in total. The van der Waals surface area contributed by atoms with Crippen LogP contribution in [0.5, 0.6) is 0 Å². The van der Waals surface area contributed by atoms with E-state index in [0.717, 1.165) is 12.0 Å². The summed E-state index contributed by atoms with van der Waals surface area (Å²) in [4.78, 5) is 29.6. The zero-order valence-corrected chi connectivity index (χ0v) is 12.3. The van der Waals surface area contributed by atoms with Crippen LogP contribution in [0.15, 0.2) is 11.1 Å². The van der Waals surface area contributed by atoms with Gasteiger partial charge in [-0.3, -0.25) is 9.59 Å². The minimum Gasteiger partial charge on any atom is -0.349 e. The molecule has 19 heavy (non-hydrogen) atoms. The fraction of sp³-hybridized carbons (Fsp3) is 0.462. The smallest absolute Gasteiger partial charge is 0.262 e.